The van der Waals surface area contributed by atoms with Crippen LogP contribution in [0.1, 0.15) is 23.6 Å². The van der Waals surface area contributed by atoms with Crippen LogP contribution in [0, 0.1) is 0 Å². The fourth-order valence-corrected chi connectivity index (χ4v) is 4.49. The summed E-state index contributed by atoms with van der Waals surface area (Å²) in [5.74, 6) is -0.808. The molecule has 0 aromatic heterocycles. The molecular weight excluding hydrogens is 328 g/mol. The smallest absolute Gasteiger partial charge is 0.316 e. The molecule has 3 aromatic rings. The summed E-state index contributed by atoms with van der Waals surface area (Å²) in [4.78, 5) is 11.7. The van der Waals surface area contributed by atoms with E-state index in [1.54, 1.807) is 6.92 Å². The van der Waals surface area contributed by atoms with E-state index in [9.17, 15) is 9.90 Å². The van der Waals surface area contributed by atoms with Crippen molar-refractivity contribution in [1.82, 2.24) is 0 Å². The summed E-state index contributed by atoms with van der Waals surface area (Å²) >= 11 is 1.46. The maximum absolute atomic E-state index is 11.7. The van der Waals surface area contributed by atoms with E-state index in [1.807, 2.05) is 54.6 Å². The Labute approximate surface area is 152 Å². The molecule has 1 N–H and O–H groups in total. The van der Waals surface area contributed by atoms with Crippen LogP contribution in [0.3, 0.4) is 0 Å². The molecule has 25 heavy (non-hydrogen) atoms. The second-order valence-electron chi connectivity index (χ2n) is 5.88. The van der Waals surface area contributed by atoms with Gasteiger partial charge in [-0.3, -0.25) is 4.79 Å². The monoisotopic (exact) mass is 348 g/mol. The van der Waals surface area contributed by atoms with Gasteiger partial charge in [0.15, 0.2) is 0 Å². The fourth-order valence-electron chi connectivity index (χ4n) is 3.04. The number of thioether (sulfide) groups is 1. The Bertz CT molecular complexity index is 720. The third kappa shape index (κ3) is 3.47. The minimum Gasteiger partial charge on any atom is -0.480 e. The Hall–Kier alpha value is -2.52. The van der Waals surface area contributed by atoms with Crippen molar-refractivity contribution in [2.75, 3.05) is 0 Å². The van der Waals surface area contributed by atoms with Gasteiger partial charge in [-0.05, 0) is 23.6 Å². The molecule has 0 heterocycles. The summed E-state index contributed by atoms with van der Waals surface area (Å²) in [5.41, 5.74) is 3.22. The molecule has 3 aromatic carbocycles. The van der Waals surface area contributed by atoms with Gasteiger partial charge < -0.3 is 5.11 Å². The highest BCUT2D eigenvalue weighted by atomic mass is 32.2. The highest BCUT2D eigenvalue weighted by molar-refractivity contribution is 8.01. The molecule has 1 atom stereocenters. The topological polar surface area (TPSA) is 37.3 Å². The molecule has 0 radical (unpaired) electrons. The van der Waals surface area contributed by atoms with Gasteiger partial charge in [0.25, 0.3) is 0 Å². The first-order chi connectivity index (χ1) is 12.1. The van der Waals surface area contributed by atoms with Crippen LogP contribution >= 0.6 is 11.8 Å². The van der Waals surface area contributed by atoms with E-state index >= 15 is 0 Å². The van der Waals surface area contributed by atoms with Crippen LogP contribution in [-0.4, -0.2) is 16.3 Å². The Balaban J connectivity index is 2.29. The quantitative estimate of drug-likeness (QED) is 0.623. The van der Waals surface area contributed by atoms with Crippen molar-refractivity contribution < 1.29 is 9.90 Å². The van der Waals surface area contributed by atoms with E-state index in [0.29, 0.717) is 0 Å². The molecule has 0 aliphatic heterocycles. The van der Waals surface area contributed by atoms with E-state index < -0.39 is 16.0 Å². The summed E-state index contributed by atoms with van der Waals surface area (Å²) < 4.78 is -0.582. The lowest BCUT2D eigenvalue weighted by molar-refractivity contribution is -0.136. The first-order valence-electron chi connectivity index (χ1n) is 8.22. The maximum atomic E-state index is 11.7. The highest BCUT2D eigenvalue weighted by Crippen LogP contribution is 2.50. The van der Waals surface area contributed by atoms with Gasteiger partial charge in [0.05, 0.1) is 4.75 Å². The minimum absolute atomic E-state index is 0.555. The van der Waals surface area contributed by atoms with Crippen LogP contribution < -0.4 is 0 Å². The van der Waals surface area contributed by atoms with Gasteiger partial charge in [0, 0.05) is 0 Å². The van der Waals surface area contributed by atoms with Crippen molar-refractivity contribution in [1.29, 1.82) is 0 Å². The van der Waals surface area contributed by atoms with Crippen molar-refractivity contribution in [2.24, 2.45) is 0 Å². The Morgan fingerprint density at radius 1 is 0.760 bits per heavy atom. The molecule has 0 bridgehead atoms. The number of aliphatic carboxylic acids is 1. The zero-order valence-corrected chi connectivity index (χ0v) is 14.8. The average Bonchev–Trinajstić information content (AvgIpc) is 2.68. The van der Waals surface area contributed by atoms with Gasteiger partial charge in [-0.2, -0.15) is 0 Å². The Kier molecular flexibility index (Phi) is 5.25. The highest BCUT2D eigenvalue weighted by Gasteiger charge is 2.39. The summed E-state index contributed by atoms with van der Waals surface area (Å²) in [5, 5.41) is 9.01. The van der Waals surface area contributed by atoms with Gasteiger partial charge in [-0.25, -0.2) is 0 Å². The van der Waals surface area contributed by atoms with Crippen molar-refractivity contribution in [2.45, 2.75) is 16.9 Å². The zero-order chi connectivity index (χ0) is 17.7. The standard InChI is InChI=1S/C22H20O2S/c1-17(21(23)24)25-22(18-11-5-2-6-12-18,19-13-7-3-8-14-19)20-15-9-4-10-16-20/h2-17H,1H3,(H,23,24). The Morgan fingerprint density at radius 2 is 1.08 bits per heavy atom. The van der Waals surface area contributed by atoms with Crippen LogP contribution in [0.15, 0.2) is 91.0 Å². The van der Waals surface area contributed by atoms with E-state index in [4.69, 9.17) is 0 Å². The number of carboxylic acids is 1. The van der Waals surface area contributed by atoms with Gasteiger partial charge in [0.1, 0.15) is 5.25 Å². The predicted molar refractivity (Wildman–Crippen MR) is 104 cm³/mol. The minimum atomic E-state index is -0.808. The first-order valence-corrected chi connectivity index (χ1v) is 9.10. The lowest BCUT2D eigenvalue weighted by Crippen LogP contribution is -2.30. The molecule has 0 aliphatic carbocycles. The van der Waals surface area contributed by atoms with Crippen LogP contribution in [0.4, 0.5) is 0 Å². The lowest BCUT2D eigenvalue weighted by Gasteiger charge is -2.36. The van der Waals surface area contributed by atoms with Gasteiger partial charge in [0.2, 0.25) is 0 Å². The number of carboxylic acid groups (broad SMARTS) is 1. The molecule has 0 fully saturated rings. The molecule has 3 rings (SSSR count). The SMILES string of the molecule is CC(SC(c1ccccc1)(c1ccccc1)c1ccccc1)C(=O)O. The van der Waals surface area contributed by atoms with E-state index in [2.05, 4.69) is 36.4 Å². The van der Waals surface area contributed by atoms with Gasteiger partial charge in [-0.15, -0.1) is 11.8 Å². The van der Waals surface area contributed by atoms with Crippen molar-refractivity contribution >= 4 is 17.7 Å². The molecule has 2 nitrogen and oxygen atoms in total. The summed E-state index contributed by atoms with van der Waals surface area (Å²) in [6, 6.07) is 30.4. The molecule has 0 aliphatic rings. The molecule has 0 amide bonds. The number of benzene rings is 3. The van der Waals surface area contributed by atoms with Crippen LogP contribution in [-0.2, 0) is 9.54 Å². The number of hydrogen-bond acceptors (Lipinski definition) is 2. The lowest BCUT2D eigenvalue weighted by atomic mass is 9.84. The maximum Gasteiger partial charge on any atom is 0.316 e. The molecular formula is C22H20O2S. The number of carbonyl (C=O) groups is 1. The summed E-state index contributed by atoms with van der Waals surface area (Å²) in [6.07, 6.45) is 0. The number of rotatable bonds is 6. The molecule has 1 unspecified atom stereocenters. The fraction of sp³-hybridized carbons (Fsp3) is 0.136. The van der Waals surface area contributed by atoms with E-state index in [-0.39, 0.29) is 0 Å². The van der Waals surface area contributed by atoms with Crippen LogP contribution in [0.2, 0.25) is 0 Å². The van der Waals surface area contributed by atoms with Crippen LogP contribution in [0.5, 0.6) is 0 Å². The van der Waals surface area contributed by atoms with Crippen molar-refractivity contribution in [3.8, 4) is 0 Å². The first kappa shape index (κ1) is 17.3. The summed E-state index contributed by atoms with van der Waals surface area (Å²) in [6.45, 7) is 1.75. The second-order valence-corrected chi connectivity index (χ2v) is 7.43. The van der Waals surface area contributed by atoms with Gasteiger partial charge in [-0.1, -0.05) is 91.0 Å². The molecule has 0 saturated carbocycles. The number of hydrogen-bond donors (Lipinski definition) is 1. The zero-order valence-electron chi connectivity index (χ0n) is 14.0. The largest absolute Gasteiger partial charge is 0.480 e. The third-order valence-electron chi connectivity index (χ3n) is 4.24. The van der Waals surface area contributed by atoms with Crippen LogP contribution in [0.25, 0.3) is 0 Å². The molecule has 0 spiro atoms. The summed E-state index contributed by atoms with van der Waals surface area (Å²) in [7, 11) is 0. The van der Waals surface area contributed by atoms with Crippen molar-refractivity contribution in [3.63, 3.8) is 0 Å². The average molecular weight is 348 g/mol. The normalized spacial score (nSPS) is 12.5. The predicted octanol–water partition coefficient (Wildman–Crippen LogP) is 5.18. The molecule has 0 saturated heterocycles. The third-order valence-corrected chi connectivity index (χ3v) is 5.86. The second kappa shape index (κ2) is 7.58. The van der Waals surface area contributed by atoms with E-state index in [1.165, 1.54) is 11.8 Å². The van der Waals surface area contributed by atoms with Crippen molar-refractivity contribution in [3.05, 3.63) is 108 Å². The molecule has 3 heteroatoms. The molecule has 126 valence electrons. The van der Waals surface area contributed by atoms with E-state index in [0.717, 1.165) is 16.7 Å². The Morgan fingerprint density at radius 3 is 1.36 bits per heavy atom. The van der Waals surface area contributed by atoms with Gasteiger partial charge >= 0.3 is 5.97 Å².